The minimum absolute atomic E-state index is 0.467. The molecule has 0 atom stereocenters. The van der Waals surface area contributed by atoms with Crippen molar-refractivity contribution in [2.24, 2.45) is 0 Å². The average Bonchev–Trinajstić information content (AvgIpc) is 2.65. The van der Waals surface area contributed by atoms with E-state index in [9.17, 15) is 0 Å². The van der Waals surface area contributed by atoms with Gasteiger partial charge >= 0.3 is 0 Å². The van der Waals surface area contributed by atoms with Crippen molar-refractivity contribution in [3.8, 4) is 0 Å². The number of nitrogens with one attached hydrogen (secondary N) is 2. The van der Waals surface area contributed by atoms with Gasteiger partial charge in [0.25, 0.3) is 0 Å². The van der Waals surface area contributed by atoms with Crippen LogP contribution in [0.25, 0.3) is 11.0 Å². The Bertz CT molecular complexity index is 999. The van der Waals surface area contributed by atoms with Crippen molar-refractivity contribution in [3.05, 3.63) is 72.9 Å². The van der Waals surface area contributed by atoms with Gasteiger partial charge in [-0.15, -0.1) is 0 Å². The van der Waals surface area contributed by atoms with Gasteiger partial charge < -0.3 is 16.4 Å². The Kier molecular flexibility index (Phi) is 3.84. The fourth-order valence-electron chi connectivity index (χ4n) is 2.47. The maximum absolute atomic E-state index is 5.73. The highest BCUT2D eigenvalue weighted by Gasteiger charge is 2.09. The predicted molar refractivity (Wildman–Crippen MR) is 101 cm³/mol. The van der Waals surface area contributed by atoms with Crippen molar-refractivity contribution in [1.82, 2.24) is 15.0 Å². The quantitative estimate of drug-likeness (QED) is 0.489. The number of para-hydroxylation sites is 1. The van der Waals surface area contributed by atoms with Gasteiger partial charge in [0.1, 0.15) is 5.82 Å². The summed E-state index contributed by atoms with van der Waals surface area (Å²) >= 11 is 0. The lowest BCUT2D eigenvalue weighted by Crippen LogP contribution is -2.03. The van der Waals surface area contributed by atoms with Gasteiger partial charge in [0, 0.05) is 23.3 Å². The van der Waals surface area contributed by atoms with E-state index in [1.807, 2.05) is 66.7 Å². The van der Waals surface area contributed by atoms with Gasteiger partial charge in [-0.2, -0.15) is 9.97 Å². The third kappa shape index (κ3) is 3.32. The van der Waals surface area contributed by atoms with E-state index in [1.165, 1.54) is 0 Å². The van der Waals surface area contributed by atoms with Gasteiger partial charge in [0.2, 0.25) is 5.95 Å². The Balaban J connectivity index is 1.74. The number of fused-ring (bicyclic) bond motifs is 1. The van der Waals surface area contributed by atoms with Crippen LogP contribution in [0.4, 0.5) is 28.8 Å². The van der Waals surface area contributed by atoms with E-state index in [1.54, 1.807) is 6.20 Å². The SMILES string of the molecule is Nc1ccc(Nc2nc(Nc3ccccc3)c3cccnc3n2)cc1. The van der Waals surface area contributed by atoms with Crippen molar-refractivity contribution < 1.29 is 0 Å². The van der Waals surface area contributed by atoms with Crippen molar-refractivity contribution in [2.75, 3.05) is 16.4 Å². The largest absolute Gasteiger partial charge is 0.399 e. The number of aromatic nitrogens is 3. The lowest BCUT2D eigenvalue weighted by Gasteiger charge is -2.11. The number of benzene rings is 2. The maximum atomic E-state index is 5.73. The van der Waals surface area contributed by atoms with E-state index in [4.69, 9.17) is 5.73 Å². The Morgan fingerprint density at radius 1 is 0.720 bits per heavy atom. The standard InChI is InChI=1S/C19H16N6/c20-13-8-10-15(11-9-13)23-19-24-17-16(7-4-12-21-17)18(25-19)22-14-5-2-1-3-6-14/h1-12H,20H2,(H2,21,22,23,24,25). The van der Waals surface area contributed by atoms with Gasteiger partial charge in [-0.05, 0) is 48.5 Å². The molecule has 0 aliphatic carbocycles. The number of hydrogen-bond donors (Lipinski definition) is 3. The molecule has 4 rings (SSSR count). The molecule has 6 nitrogen and oxygen atoms in total. The van der Waals surface area contributed by atoms with Crippen LogP contribution >= 0.6 is 0 Å². The van der Waals surface area contributed by atoms with Crippen LogP contribution in [0.3, 0.4) is 0 Å². The molecule has 122 valence electrons. The molecule has 0 amide bonds. The summed E-state index contributed by atoms with van der Waals surface area (Å²) < 4.78 is 0. The lowest BCUT2D eigenvalue weighted by molar-refractivity contribution is 1.18. The molecule has 0 unspecified atom stereocenters. The summed E-state index contributed by atoms with van der Waals surface area (Å²) in [7, 11) is 0. The maximum Gasteiger partial charge on any atom is 0.231 e. The van der Waals surface area contributed by atoms with Gasteiger partial charge in [0.05, 0.1) is 5.39 Å². The second kappa shape index (κ2) is 6.45. The Morgan fingerprint density at radius 2 is 1.48 bits per heavy atom. The molecule has 4 aromatic rings. The van der Waals surface area contributed by atoms with Crippen LogP contribution in [0, 0.1) is 0 Å². The number of pyridine rings is 1. The van der Waals surface area contributed by atoms with Gasteiger partial charge in [-0.25, -0.2) is 4.98 Å². The molecule has 0 aliphatic rings. The normalized spacial score (nSPS) is 10.6. The van der Waals surface area contributed by atoms with E-state index in [0.29, 0.717) is 23.1 Å². The van der Waals surface area contributed by atoms with Crippen LogP contribution < -0.4 is 16.4 Å². The molecule has 0 bridgehead atoms. The monoisotopic (exact) mass is 328 g/mol. The zero-order valence-electron chi connectivity index (χ0n) is 13.3. The first kappa shape index (κ1) is 14.9. The predicted octanol–water partition coefficient (Wildman–Crippen LogP) is 4.09. The first-order valence-corrected chi connectivity index (χ1v) is 7.85. The van der Waals surface area contributed by atoms with Crippen LogP contribution in [-0.4, -0.2) is 15.0 Å². The molecule has 0 radical (unpaired) electrons. The van der Waals surface area contributed by atoms with Crippen molar-refractivity contribution >= 4 is 39.9 Å². The van der Waals surface area contributed by atoms with Crippen LogP contribution in [0.15, 0.2) is 72.9 Å². The van der Waals surface area contributed by atoms with E-state index in [2.05, 4.69) is 25.6 Å². The van der Waals surface area contributed by atoms with Crippen molar-refractivity contribution in [1.29, 1.82) is 0 Å². The number of nitrogens with two attached hydrogens (primary N) is 1. The number of rotatable bonds is 4. The number of nitrogen functional groups attached to an aromatic ring is 1. The topological polar surface area (TPSA) is 88.8 Å². The summed E-state index contributed by atoms with van der Waals surface area (Å²) in [6.07, 6.45) is 1.72. The fraction of sp³-hybridized carbons (Fsp3) is 0. The Labute approximate surface area is 144 Å². The smallest absolute Gasteiger partial charge is 0.231 e. The van der Waals surface area contributed by atoms with E-state index >= 15 is 0 Å². The van der Waals surface area contributed by atoms with E-state index in [0.717, 1.165) is 16.8 Å². The van der Waals surface area contributed by atoms with Crippen LogP contribution in [0.1, 0.15) is 0 Å². The summed E-state index contributed by atoms with van der Waals surface area (Å²) in [5.74, 6) is 1.16. The highest BCUT2D eigenvalue weighted by atomic mass is 15.2. The third-order valence-corrected chi connectivity index (χ3v) is 3.67. The third-order valence-electron chi connectivity index (χ3n) is 3.67. The summed E-state index contributed by atoms with van der Waals surface area (Å²) in [6.45, 7) is 0. The molecule has 2 heterocycles. The first-order valence-electron chi connectivity index (χ1n) is 7.85. The van der Waals surface area contributed by atoms with Gasteiger partial charge in [-0.1, -0.05) is 18.2 Å². The zero-order chi connectivity index (χ0) is 17.1. The number of hydrogen-bond acceptors (Lipinski definition) is 6. The van der Waals surface area contributed by atoms with Gasteiger partial charge in [-0.3, -0.25) is 0 Å². The molecule has 6 heteroatoms. The van der Waals surface area contributed by atoms with Crippen LogP contribution in [0.5, 0.6) is 0 Å². The zero-order valence-corrected chi connectivity index (χ0v) is 13.3. The number of anilines is 5. The van der Waals surface area contributed by atoms with E-state index in [-0.39, 0.29) is 0 Å². The minimum Gasteiger partial charge on any atom is -0.399 e. The fourth-order valence-corrected chi connectivity index (χ4v) is 2.47. The summed E-state index contributed by atoms with van der Waals surface area (Å²) in [6, 6.07) is 21.1. The van der Waals surface area contributed by atoms with Crippen LogP contribution in [-0.2, 0) is 0 Å². The Morgan fingerprint density at radius 3 is 2.28 bits per heavy atom. The average molecular weight is 328 g/mol. The highest BCUT2D eigenvalue weighted by molar-refractivity contribution is 5.89. The molecule has 0 spiro atoms. The second-order valence-corrected chi connectivity index (χ2v) is 5.51. The minimum atomic E-state index is 0.467. The molecule has 25 heavy (non-hydrogen) atoms. The highest BCUT2D eigenvalue weighted by Crippen LogP contribution is 2.25. The lowest BCUT2D eigenvalue weighted by atomic mass is 10.2. The second-order valence-electron chi connectivity index (χ2n) is 5.51. The van der Waals surface area contributed by atoms with Crippen molar-refractivity contribution in [2.45, 2.75) is 0 Å². The molecular formula is C19H16N6. The summed E-state index contributed by atoms with van der Waals surface area (Å²) in [4.78, 5) is 13.4. The molecule has 2 aromatic carbocycles. The van der Waals surface area contributed by atoms with Crippen LogP contribution in [0.2, 0.25) is 0 Å². The van der Waals surface area contributed by atoms with Gasteiger partial charge in [0.15, 0.2) is 5.65 Å². The molecule has 2 aromatic heterocycles. The van der Waals surface area contributed by atoms with E-state index < -0.39 is 0 Å². The van der Waals surface area contributed by atoms with Crippen molar-refractivity contribution in [3.63, 3.8) is 0 Å². The summed E-state index contributed by atoms with van der Waals surface area (Å²) in [5, 5.41) is 7.38. The molecule has 0 aliphatic heterocycles. The summed E-state index contributed by atoms with van der Waals surface area (Å²) in [5.41, 5.74) is 8.86. The molecule has 0 saturated carbocycles. The number of nitrogens with zero attached hydrogens (tertiary/aromatic N) is 3. The Hall–Kier alpha value is -3.67. The molecule has 0 fully saturated rings. The first-order chi connectivity index (χ1) is 12.3. The molecular weight excluding hydrogens is 312 g/mol. The molecule has 4 N–H and O–H groups in total. The molecule has 0 saturated heterocycles.